The number of carbonyl (C=O) groups is 3. The minimum Gasteiger partial charge on any atom is -0.550 e. The van der Waals surface area contributed by atoms with Crippen molar-refractivity contribution in [2.45, 2.75) is 119 Å². The quantitative estimate of drug-likeness (QED) is 0.350. The first kappa shape index (κ1) is 37.2. The molecule has 0 saturated carbocycles. The van der Waals surface area contributed by atoms with Crippen molar-refractivity contribution < 1.29 is 46.5 Å². The molecule has 186 valence electrons. The monoisotopic (exact) mass is 488 g/mol. The van der Waals surface area contributed by atoms with Gasteiger partial charge in [0.15, 0.2) is 0 Å². The van der Waals surface area contributed by atoms with E-state index in [2.05, 4.69) is 20.8 Å². The van der Waals surface area contributed by atoms with E-state index in [1.807, 2.05) is 20.8 Å². The second-order valence-corrected chi connectivity index (χ2v) is 7.70. The van der Waals surface area contributed by atoms with Gasteiger partial charge in [-0.25, -0.2) is 0 Å². The van der Waals surface area contributed by atoms with E-state index in [1.54, 1.807) is 0 Å². The molecule has 31 heavy (non-hydrogen) atoms. The smallest absolute Gasteiger partial charge is 0.550 e. The van der Waals surface area contributed by atoms with Crippen LogP contribution >= 0.6 is 0 Å². The van der Waals surface area contributed by atoms with Crippen molar-refractivity contribution in [1.82, 2.24) is 0 Å². The largest absolute Gasteiger partial charge is 3.00 e. The molecule has 7 heteroatoms. The number of carboxylic acid groups (broad SMARTS) is 3. The summed E-state index contributed by atoms with van der Waals surface area (Å²) in [6, 6.07) is 0. The van der Waals surface area contributed by atoms with Crippen LogP contribution in [-0.4, -0.2) is 17.9 Å². The van der Waals surface area contributed by atoms with Crippen molar-refractivity contribution in [2.75, 3.05) is 0 Å². The Labute approximate surface area is 200 Å². The molecule has 0 aromatic rings. The summed E-state index contributed by atoms with van der Waals surface area (Å²) < 4.78 is 0. The first-order chi connectivity index (χ1) is 14.2. The Morgan fingerprint density at radius 2 is 0.710 bits per heavy atom. The summed E-state index contributed by atoms with van der Waals surface area (Å²) in [4.78, 5) is 31.0. The molecule has 0 aliphatic rings. The SMILES string of the molecule is CCCCC(CC)C(=O)[O-].CCCCC(CC)C(=O)[O-].CCCCC(CC)C(=O)[O-].[Co+3]. The van der Waals surface area contributed by atoms with Crippen LogP contribution in [0.3, 0.4) is 0 Å². The fourth-order valence-electron chi connectivity index (χ4n) is 2.82. The maximum absolute atomic E-state index is 10.3. The zero-order valence-corrected chi connectivity index (χ0v) is 21.5. The fourth-order valence-corrected chi connectivity index (χ4v) is 2.82. The van der Waals surface area contributed by atoms with Crippen LogP contribution in [0.5, 0.6) is 0 Å². The molecule has 0 aromatic heterocycles. The number of carbonyl (C=O) groups excluding carboxylic acids is 3. The predicted octanol–water partition coefficient (Wildman–Crippen LogP) is 2.86. The van der Waals surface area contributed by atoms with E-state index < -0.39 is 17.9 Å². The first-order valence-corrected chi connectivity index (χ1v) is 11.8. The van der Waals surface area contributed by atoms with Gasteiger partial charge in [-0.3, -0.25) is 0 Å². The van der Waals surface area contributed by atoms with E-state index >= 15 is 0 Å². The van der Waals surface area contributed by atoms with E-state index in [4.69, 9.17) is 0 Å². The average Bonchev–Trinajstić information content (AvgIpc) is 2.70. The van der Waals surface area contributed by atoms with Gasteiger partial charge in [0.1, 0.15) is 0 Å². The summed E-state index contributed by atoms with van der Waals surface area (Å²) in [6.45, 7) is 11.8. The Bertz CT molecular complexity index is 366. The molecule has 0 saturated heterocycles. The maximum atomic E-state index is 10.3. The van der Waals surface area contributed by atoms with Gasteiger partial charge in [0.2, 0.25) is 0 Å². The van der Waals surface area contributed by atoms with Gasteiger partial charge in [0.25, 0.3) is 0 Å². The molecule has 3 atom stereocenters. The van der Waals surface area contributed by atoms with Crippen LogP contribution in [0.25, 0.3) is 0 Å². The second kappa shape index (κ2) is 27.0. The normalized spacial score (nSPS) is 12.6. The van der Waals surface area contributed by atoms with Gasteiger partial charge >= 0.3 is 16.8 Å². The molecule has 0 N–H and O–H groups in total. The Morgan fingerprint density at radius 1 is 0.516 bits per heavy atom. The molecule has 6 nitrogen and oxygen atoms in total. The van der Waals surface area contributed by atoms with Crippen LogP contribution in [0.15, 0.2) is 0 Å². The molecular formula is C24H45CoO6. The van der Waals surface area contributed by atoms with Crippen molar-refractivity contribution in [2.24, 2.45) is 17.8 Å². The third kappa shape index (κ3) is 25.1. The number of unbranched alkanes of at least 4 members (excludes halogenated alkanes) is 3. The van der Waals surface area contributed by atoms with Gasteiger partial charge in [-0.2, -0.15) is 0 Å². The van der Waals surface area contributed by atoms with Crippen LogP contribution in [0.1, 0.15) is 119 Å². The minimum atomic E-state index is -0.893. The van der Waals surface area contributed by atoms with Crippen molar-refractivity contribution in [3.05, 3.63) is 0 Å². The van der Waals surface area contributed by atoms with E-state index in [0.717, 1.165) is 57.8 Å². The number of rotatable bonds is 15. The molecular weight excluding hydrogens is 443 g/mol. The molecule has 0 heterocycles. The minimum absolute atomic E-state index is 0. The zero-order chi connectivity index (χ0) is 23.9. The van der Waals surface area contributed by atoms with E-state index in [0.29, 0.717) is 19.3 Å². The topological polar surface area (TPSA) is 120 Å². The molecule has 0 bridgehead atoms. The van der Waals surface area contributed by atoms with Gasteiger partial charge in [-0.1, -0.05) is 80.1 Å². The Balaban J connectivity index is -0.000000174. The van der Waals surface area contributed by atoms with Crippen LogP contribution in [0.4, 0.5) is 0 Å². The molecule has 0 aromatic carbocycles. The van der Waals surface area contributed by atoms with E-state index in [9.17, 15) is 29.7 Å². The summed E-state index contributed by atoms with van der Waals surface area (Å²) in [5, 5.41) is 31.0. The predicted molar refractivity (Wildman–Crippen MR) is 115 cm³/mol. The summed E-state index contributed by atoms with van der Waals surface area (Å²) >= 11 is 0. The summed E-state index contributed by atoms with van der Waals surface area (Å²) in [5.74, 6) is -3.34. The average molecular weight is 489 g/mol. The van der Waals surface area contributed by atoms with E-state index in [1.165, 1.54) is 0 Å². The molecule has 0 radical (unpaired) electrons. The molecule has 0 fully saturated rings. The van der Waals surface area contributed by atoms with Crippen molar-refractivity contribution in [3.63, 3.8) is 0 Å². The summed E-state index contributed by atoms with van der Waals surface area (Å²) in [6.07, 6.45) is 10.6. The number of carboxylic acids is 3. The number of hydrogen-bond donors (Lipinski definition) is 0. The molecule has 3 unspecified atom stereocenters. The zero-order valence-electron chi connectivity index (χ0n) is 20.5. The Hall–Kier alpha value is -1.08. The summed E-state index contributed by atoms with van der Waals surface area (Å²) in [5.41, 5.74) is 0. The standard InChI is InChI=1S/3C8H16O2.Co/c3*1-3-5-6-7(4-2)8(9)10;/h3*7H,3-6H2,1-2H3,(H,9,10);/q;;;+3/p-3. The molecule has 0 spiro atoms. The van der Waals surface area contributed by atoms with Crippen LogP contribution < -0.4 is 15.3 Å². The summed E-state index contributed by atoms with van der Waals surface area (Å²) in [7, 11) is 0. The van der Waals surface area contributed by atoms with Gasteiger partial charge in [-0.15, -0.1) is 0 Å². The van der Waals surface area contributed by atoms with Gasteiger partial charge in [-0.05, 0) is 56.3 Å². The first-order valence-electron chi connectivity index (χ1n) is 11.8. The van der Waals surface area contributed by atoms with Crippen LogP contribution in [0, 0.1) is 17.8 Å². The maximum Gasteiger partial charge on any atom is 3.00 e. The van der Waals surface area contributed by atoms with Crippen molar-refractivity contribution in [1.29, 1.82) is 0 Å². The number of hydrogen-bond acceptors (Lipinski definition) is 6. The number of aliphatic carboxylic acids is 3. The second-order valence-electron chi connectivity index (χ2n) is 7.70. The van der Waals surface area contributed by atoms with Crippen molar-refractivity contribution in [3.8, 4) is 0 Å². The van der Waals surface area contributed by atoms with Gasteiger partial charge < -0.3 is 29.7 Å². The van der Waals surface area contributed by atoms with Crippen LogP contribution in [0.2, 0.25) is 0 Å². The van der Waals surface area contributed by atoms with Crippen LogP contribution in [-0.2, 0) is 31.2 Å². The molecule has 0 rings (SSSR count). The Morgan fingerprint density at radius 3 is 0.806 bits per heavy atom. The Kier molecular flexibility index (Phi) is 32.4. The third-order valence-electron chi connectivity index (χ3n) is 5.20. The third-order valence-corrected chi connectivity index (χ3v) is 5.20. The van der Waals surface area contributed by atoms with Crippen molar-refractivity contribution >= 4 is 17.9 Å². The van der Waals surface area contributed by atoms with Gasteiger partial charge in [0.05, 0.1) is 0 Å². The van der Waals surface area contributed by atoms with E-state index in [-0.39, 0.29) is 34.5 Å². The molecule has 0 amide bonds. The van der Waals surface area contributed by atoms with Gasteiger partial charge in [0, 0.05) is 17.9 Å². The fraction of sp³-hybridized carbons (Fsp3) is 0.875. The molecule has 0 aliphatic heterocycles. The molecule has 0 aliphatic carbocycles.